The Bertz CT molecular complexity index is 258. The number of nitrogens with two attached hydrogens (primary N) is 1. The van der Waals surface area contributed by atoms with Crippen molar-refractivity contribution >= 4 is 0 Å². The van der Waals surface area contributed by atoms with Crippen LogP contribution in [0.1, 0.15) is 18.5 Å². The molecule has 0 unspecified atom stereocenters. The van der Waals surface area contributed by atoms with Gasteiger partial charge in [-0.3, -0.25) is 0 Å². The minimum Gasteiger partial charge on any atom is -0.324 e. The van der Waals surface area contributed by atoms with Crippen LogP contribution < -0.4 is 5.73 Å². The first-order chi connectivity index (χ1) is 5.11. The minimum absolute atomic E-state index is 0.259. The van der Waals surface area contributed by atoms with Crippen molar-refractivity contribution in [2.45, 2.75) is 13.0 Å². The van der Waals surface area contributed by atoms with Gasteiger partial charge in [0, 0.05) is 6.04 Å². The number of hydrogen-bond acceptors (Lipinski definition) is 1. The summed E-state index contributed by atoms with van der Waals surface area (Å²) in [5.74, 6) is -1.69. The van der Waals surface area contributed by atoms with E-state index in [-0.39, 0.29) is 6.04 Å². The van der Waals surface area contributed by atoms with Crippen LogP contribution in [0.4, 0.5) is 8.78 Å². The fourth-order valence-electron chi connectivity index (χ4n) is 0.796. The van der Waals surface area contributed by atoms with Gasteiger partial charge in [0.2, 0.25) is 0 Å². The first-order valence-corrected chi connectivity index (χ1v) is 3.32. The maximum Gasteiger partial charge on any atom is 0.159 e. The van der Waals surface area contributed by atoms with Crippen molar-refractivity contribution in [1.82, 2.24) is 0 Å². The van der Waals surface area contributed by atoms with Gasteiger partial charge >= 0.3 is 0 Å². The van der Waals surface area contributed by atoms with Gasteiger partial charge in [0.05, 0.1) is 0 Å². The van der Waals surface area contributed by atoms with Gasteiger partial charge < -0.3 is 5.73 Å². The van der Waals surface area contributed by atoms with E-state index in [2.05, 4.69) is 0 Å². The van der Waals surface area contributed by atoms with Gasteiger partial charge in [-0.2, -0.15) is 0 Å². The van der Waals surface area contributed by atoms with Gasteiger partial charge in [-0.05, 0) is 24.6 Å². The van der Waals surface area contributed by atoms with E-state index < -0.39 is 11.6 Å². The second-order valence-corrected chi connectivity index (χ2v) is 2.46. The molecule has 0 spiro atoms. The summed E-state index contributed by atoms with van der Waals surface area (Å²) in [5, 5.41) is 0. The van der Waals surface area contributed by atoms with Crippen LogP contribution >= 0.6 is 0 Å². The Hall–Kier alpha value is -0.960. The normalized spacial score (nSPS) is 13.1. The number of halogens is 2. The SMILES string of the molecule is C[C@@H](N)c1ccc(F)c(F)c1. The van der Waals surface area contributed by atoms with E-state index in [0.29, 0.717) is 5.56 Å². The first kappa shape index (κ1) is 8.14. The molecule has 3 heteroatoms. The summed E-state index contributed by atoms with van der Waals surface area (Å²) >= 11 is 0. The summed E-state index contributed by atoms with van der Waals surface area (Å²) in [6.07, 6.45) is 0. The lowest BCUT2D eigenvalue weighted by atomic mass is 10.1. The summed E-state index contributed by atoms with van der Waals surface area (Å²) in [5.41, 5.74) is 6.04. The van der Waals surface area contributed by atoms with E-state index in [0.717, 1.165) is 12.1 Å². The molecule has 0 aliphatic heterocycles. The molecule has 60 valence electrons. The average molecular weight is 157 g/mol. The molecule has 0 bridgehead atoms. The van der Waals surface area contributed by atoms with E-state index in [9.17, 15) is 8.78 Å². The molecule has 0 aliphatic carbocycles. The van der Waals surface area contributed by atoms with Crippen molar-refractivity contribution < 1.29 is 8.78 Å². The van der Waals surface area contributed by atoms with Crippen molar-refractivity contribution in [3.8, 4) is 0 Å². The molecule has 0 radical (unpaired) electrons. The van der Waals surface area contributed by atoms with E-state index in [1.165, 1.54) is 6.07 Å². The molecule has 1 rings (SSSR count). The van der Waals surface area contributed by atoms with E-state index in [1.54, 1.807) is 6.92 Å². The van der Waals surface area contributed by atoms with Crippen LogP contribution in [0.15, 0.2) is 18.2 Å². The average Bonchev–Trinajstić information content (AvgIpc) is 1.94. The molecular formula is C8H9F2N. The van der Waals surface area contributed by atoms with Gasteiger partial charge in [-0.1, -0.05) is 6.07 Å². The molecule has 0 fully saturated rings. The smallest absolute Gasteiger partial charge is 0.159 e. The molecule has 0 amide bonds. The van der Waals surface area contributed by atoms with Crippen LogP contribution in [-0.2, 0) is 0 Å². The summed E-state index contributed by atoms with van der Waals surface area (Å²) in [7, 11) is 0. The summed E-state index contributed by atoms with van der Waals surface area (Å²) in [6.45, 7) is 1.71. The minimum atomic E-state index is -0.847. The zero-order valence-corrected chi connectivity index (χ0v) is 6.14. The van der Waals surface area contributed by atoms with Crippen LogP contribution in [0.5, 0.6) is 0 Å². The van der Waals surface area contributed by atoms with Crippen molar-refractivity contribution in [1.29, 1.82) is 0 Å². The van der Waals surface area contributed by atoms with Gasteiger partial charge in [0.1, 0.15) is 0 Å². The fourth-order valence-corrected chi connectivity index (χ4v) is 0.796. The molecule has 1 nitrogen and oxygen atoms in total. The Morgan fingerprint density at radius 1 is 1.27 bits per heavy atom. The van der Waals surface area contributed by atoms with Crippen LogP contribution in [-0.4, -0.2) is 0 Å². The predicted molar refractivity (Wildman–Crippen MR) is 39.0 cm³/mol. The lowest BCUT2D eigenvalue weighted by Gasteiger charge is -2.04. The van der Waals surface area contributed by atoms with E-state index in [4.69, 9.17) is 5.73 Å². The number of hydrogen-bond donors (Lipinski definition) is 1. The molecule has 0 saturated carbocycles. The van der Waals surface area contributed by atoms with Crippen molar-refractivity contribution in [3.05, 3.63) is 35.4 Å². The Labute approximate surface area is 63.8 Å². The summed E-state index contributed by atoms with van der Waals surface area (Å²) < 4.78 is 24.9. The van der Waals surface area contributed by atoms with Crippen LogP contribution in [0, 0.1) is 11.6 Å². The third kappa shape index (κ3) is 1.74. The van der Waals surface area contributed by atoms with Gasteiger partial charge in [0.15, 0.2) is 11.6 Å². The molecule has 2 N–H and O–H groups in total. The number of benzene rings is 1. The Morgan fingerprint density at radius 2 is 1.91 bits per heavy atom. The Balaban J connectivity index is 3.05. The van der Waals surface area contributed by atoms with Gasteiger partial charge in [0.25, 0.3) is 0 Å². The maximum atomic E-state index is 12.5. The third-order valence-corrected chi connectivity index (χ3v) is 1.47. The topological polar surface area (TPSA) is 26.0 Å². The predicted octanol–water partition coefficient (Wildman–Crippen LogP) is 1.98. The second kappa shape index (κ2) is 2.96. The molecule has 11 heavy (non-hydrogen) atoms. The van der Waals surface area contributed by atoms with E-state index in [1.807, 2.05) is 0 Å². The maximum absolute atomic E-state index is 12.5. The fraction of sp³-hybridized carbons (Fsp3) is 0.250. The van der Waals surface area contributed by atoms with Gasteiger partial charge in [-0.15, -0.1) is 0 Å². The molecular weight excluding hydrogens is 148 g/mol. The largest absolute Gasteiger partial charge is 0.324 e. The standard InChI is InChI=1S/C8H9F2N/c1-5(11)6-2-3-7(9)8(10)4-6/h2-5H,11H2,1H3/t5-/m1/s1. The Kier molecular flexibility index (Phi) is 2.19. The summed E-state index contributed by atoms with van der Waals surface area (Å²) in [4.78, 5) is 0. The molecule has 1 aromatic carbocycles. The van der Waals surface area contributed by atoms with Crippen LogP contribution in [0.2, 0.25) is 0 Å². The highest BCUT2D eigenvalue weighted by Gasteiger charge is 2.04. The Morgan fingerprint density at radius 3 is 2.36 bits per heavy atom. The van der Waals surface area contributed by atoms with E-state index >= 15 is 0 Å². The molecule has 0 aliphatic rings. The quantitative estimate of drug-likeness (QED) is 0.662. The molecule has 1 aromatic rings. The zero-order chi connectivity index (χ0) is 8.43. The van der Waals surface area contributed by atoms with Crippen molar-refractivity contribution in [2.75, 3.05) is 0 Å². The molecule has 0 heterocycles. The van der Waals surface area contributed by atoms with Crippen LogP contribution in [0.25, 0.3) is 0 Å². The lowest BCUT2D eigenvalue weighted by molar-refractivity contribution is 0.506. The number of rotatable bonds is 1. The lowest BCUT2D eigenvalue weighted by Crippen LogP contribution is -2.05. The first-order valence-electron chi connectivity index (χ1n) is 3.32. The van der Waals surface area contributed by atoms with Crippen LogP contribution in [0.3, 0.4) is 0 Å². The zero-order valence-electron chi connectivity index (χ0n) is 6.14. The van der Waals surface area contributed by atoms with Crippen molar-refractivity contribution in [2.24, 2.45) is 5.73 Å². The summed E-state index contributed by atoms with van der Waals surface area (Å²) in [6, 6.07) is 3.40. The highest BCUT2D eigenvalue weighted by Crippen LogP contribution is 2.13. The monoisotopic (exact) mass is 157 g/mol. The second-order valence-electron chi connectivity index (χ2n) is 2.46. The highest BCUT2D eigenvalue weighted by molar-refractivity contribution is 5.20. The third-order valence-electron chi connectivity index (χ3n) is 1.47. The van der Waals surface area contributed by atoms with Crippen molar-refractivity contribution in [3.63, 3.8) is 0 Å². The molecule has 1 atom stereocenters. The highest BCUT2D eigenvalue weighted by atomic mass is 19.2. The molecule has 0 saturated heterocycles. The van der Waals surface area contributed by atoms with Gasteiger partial charge in [-0.25, -0.2) is 8.78 Å². The molecule has 0 aromatic heterocycles.